The van der Waals surface area contributed by atoms with Crippen molar-refractivity contribution in [2.24, 2.45) is 5.92 Å². The molecule has 0 fully saturated rings. The van der Waals surface area contributed by atoms with Gasteiger partial charge in [0.2, 0.25) is 5.91 Å². The maximum absolute atomic E-state index is 11.4. The van der Waals surface area contributed by atoms with Gasteiger partial charge >= 0.3 is 0 Å². The SMILES string of the molecule is CC(C)CCC(C)Nc1cc2c(cc1N)NC(=O)CC2. The van der Waals surface area contributed by atoms with E-state index in [9.17, 15) is 4.79 Å². The van der Waals surface area contributed by atoms with Crippen LogP contribution >= 0.6 is 0 Å². The average Bonchev–Trinajstić information content (AvgIpc) is 2.37. The minimum absolute atomic E-state index is 0.0721. The first-order valence-electron chi connectivity index (χ1n) is 7.44. The van der Waals surface area contributed by atoms with Gasteiger partial charge in [-0.1, -0.05) is 13.8 Å². The molecule has 1 aromatic carbocycles. The lowest BCUT2D eigenvalue weighted by Gasteiger charge is -2.22. The molecular formula is C16H25N3O. The van der Waals surface area contributed by atoms with E-state index in [1.165, 1.54) is 6.42 Å². The van der Waals surface area contributed by atoms with E-state index in [0.29, 0.717) is 18.2 Å². The van der Waals surface area contributed by atoms with Crippen molar-refractivity contribution in [3.05, 3.63) is 17.7 Å². The van der Waals surface area contributed by atoms with Crippen molar-refractivity contribution in [3.8, 4) is 0 Å². The van der Waals surface area contributed by atoms with Crippen LogP contribution in [0.5, 0.6) is 0 Å². The summed E-state index contributed by atoms with van der Waals surface area (Å²) >= 11 is 0. The van der Waals surface area contributed by atoms with Gasteiger partial charge in [0.25, 0.3) is 0 Å². The zero-order valence-electron chi connectivity index (χ0n) is 12.6. The van der Waals surface area contributed by atoms with E-state index in [0.717, 1.165) is 35.7 Å². The van der Waals surface area contributed by atoms with Gasteiger partial charge in [0.1, 0.15) is 0 Å². The fourth-order valence-corrected chi connectivity index (χ4v) is 2.49. The standard InChI is InChI=1S/C16H25N3O/c1-10(2)4-5-11(3)18-15-8-12-6-7-16(20)19-14(12)9-13(15)17/h8-11,18H,4-7,17H2,1-3H3,(H,19,20). The number of benzene rings is 1. The van der Waals surface area contributed by atoms with Crippen LogP contribution in [0.4, 0.5) is 17.1 Å². The van der Waals surface area contributed by atoms with Crippen LogP contribution in [0, 0.1) is 5.92 Å². The highest BCUT2D eigenvalue weighted by atomic mass is 16.1. The second-order valence-corrected chi connectivity index (χ2v) is 6.16. The van der Waals surface area contributed by atoms with Gasteiger partial charge in [0.05, 0.1) is 11.4 Å². The van der Waals surface area contributed by atoms with Crippen LogP contribution in [0.15, 0.2) is 12.1 Å². The van der Waals surface area contributed by atoms with Gasteiger partial charge in [0, 0.05) is 18.2 Å². The van der Waals surface area contributed by atoms with E-state index < -0.39 is 0 Å². The lowest BCUT2D eigenvalue weighted by atomic mass is 10.0. The summed E-state index contributed by atoms with van der Waals surface area (Å²) in [5.41, 5.74) is 9.78. The summed E-state index contributed by atoms with van der Waals surface area (Å²) in [6.07, 6.45) is 3.68. The van der Waals surface area contributed by atoms with Crippen LogP contribution in [0.2, 0.25) is 0 Å². The van der Waals surface area contributed by atoms with Crippen molar-refractivity contribution in [2.45, 2.75) is 52.5 Å². The Bertz CT molecular complexity index is 497. The second-order valence-electron chi connectivity index (χ2n) is 6.16. The summed E-state index contributed by atoms with van der Waals surface area (Å²) in [5.74, 6) is 0.790. The number of hydrogen-bond acceptors (Lipinski definition) is 3. The third-order valence-corrected chi connectivity index (χ3v) is 3.75. The average molecular weight is 275 g/mol. The summed E-state index contributed by atoms with van der Waals surface area (Å²) in [5, 5.41) is 6.36. The molecule has 4 nitrogen and oxygen atoms in total. The molecule has 2 rings (SSSR count). The molecule has 1 unspecified atom stereocenters. The Morgan fingerprint density at radius 2 is 2.00 bits per heavy atom. The highest BCUT2D eigenvalue weighted by molar-refractivity contribution is 5.95. The van der Waals surface area contributed by atoms with Crippen LogP contribution < -0.4 is 16.4 Å². The minimum atomic E-state index is 0.0721. The van der Waals surface area contributed by atoms with Gasteiger partial charge in [-0.2, -0.15) is 0 Å². The molecule has 0 aromatic heterocycles. The first kappa shape index (κ1) is 14.7. The van der Waals surface area contributed by atoms with Crippen molar-refractivity contribution in [1.82, 2.24) is 0 Å². The highest BCUT2D eigenvalue weighted by Crippen LogP contribution is 2.31. The lowest BCUT2D eigenvalue weighted by molar-refractivity contribution is -0.116. The Morgan fingerprint density at radius 1 is 1.25 bits per heavy atom. The summed E-state index contributed by atoms with van der Waals surface area (Å²) < 4.78 is 0. The van der Waals surface area contributed by atoms with E-state index in [2.05, 4.69) is 37.5 Å². The molecule has 0 saturated heterocycles. The van der Waals surface area contributed by atoms with Crippen molar-refractivity contribution < 1.29 is 4.79 Å². The van der Waals surface area contributed by atoms with Gasteiger partial charge in [-0.15, -0.1) is 0 Å². The molecule has 0 aliphatic carbocycles. The Morgan fingerprint density at radius 3 is 2.70 bits per heavy atom. The molecule has 1 heterocycles. The van der Waals surface area contributed by atoms with Gasteiger partial charge in [0.15, 0.2) is 0 Å². The fourth-order valence-electron chi connectivity index (χ4n) is 2.49. The maximum Gasteiger partial charge on any atom is 0.224 e. The molecular weight excluding hydrogens is 250 g/mol. The molecule has 1 amide bonds. The zero-order chi connectivity index (χ0) is 14.7. The van der Waals surface area contributed by atoms with Crippen LogP contribution in [0.1, 0.15) is 45.6 Å². The highest BCUT2D eigenvalue weighted by Gasteiger charge is 2.17. The number of fused-ring (bicyclic) bond motifs is 1. The largest absolute Gasteiger partial charge is 0.397 e. The fraction of sp³-hybridized carbons (Fsp3) is 0.562. The molecule has 110 valence electrons. The van der Waals surface area contributed by atoms with Crippen molar-refractivity contribution >= 4 is 23.0 Å². The summed E-state index contributed by atoms with van der Waals surface area (Å²) in [6, 6.07) is 4.34. The Hall–Kier alpha value is -1.71. The van der Waals surface area contributed by atoms with Crippen LogP contribution in [0.3, 0.4) is 0 Å². The van der Waals surface area contributed by atoms with Gasteiger partial charge in [-0.3, -0.25) is 4.79 Å². The summed E-state index contributed by atoms with van der Waals surface area (Å²) in [6.45, 7) is 6.66. The van der Waals surface area contributed by atoms with E-state index in [1.807, 2.05) is 6.07 Å². The number of aryl methyl sites for hydroxylation is 1. The maximum atomic E-state index is 11.4. The summed E-state index contributed by atoms with van der Waals surface area (Å²) in [4.78, 5) is 11.4. The number of hydrogen-bond donors (Lipinski definition) is 3. The first-order valence-corrected chi connectivity index (χ1v) is 7.44. The zero-order valence-corrected chi connectivity index (χ0v) is 12.6. The number of rotatable bonds is 5. The van der Waals surface area contributed by atoms with Crippen molar-refractivity contribution in [2.75, 3.05) is 16.4 Å². The number of anilines is 3. The molecule has 4 N–H and O–H groups in total. The lowest BCUT2D eigenvalue weighted by Crippen LogP contribution is -2.21. The number of nitrogens with two attached hydrogens (primary N) is 1. The van der Waals surface area contributed by atoms with Gasteiger partial charge < -0.3 is 16.4 Å². The quantitative estimate of drug-likeness (QED) is 0.722. The topological polar surface area (TPSA) is 67.2 Å². The van der Waals surface area contributed by atoms with Crippen LogP contribution in [-0.4, -0.2) is 11.9 Å². The van der Waals surface area contributed by atoms with Crippen molar-refractivity contribution in [3.63, 3.8) is 0 Å². The van der Waals surface area contributed by atoms with Gasteiger partial charge in [-0.05, 0) is 49.8 Å². The van der Waals surface area contributed by atoms with E-state index in [-0.39, 0.29) is 5.91 Å². The normalized spacial score (nSPS) is 15.7. The van der Waals surface area contributed by atoms with E-state index >= 15 is 0 Å². The number of nitrogens with one attached hydrogen (secondary N) is 2. The van der Waals surface area contributed by atoms with Gasteiger partial charge in [-0.25, -0.2) is 0 Å². The minimum Gasteiger partial charge on any atom is -0.397 e. The molecule has 0 bridgehead atoms. The molecule has 1 aliphatic heterocycles. The molecule has 0 saturated carbocycles. The first-order chi connectivity index (χ1) is 9.45. The predicted octanol–water partition coefficient (Wildman–Crippen LogP) is 3.39. The predicted molar refractivity (Wildman–Crippen MR) is 85.0 cm³/mol. The Kier molecular flexibility index (Phi) is 4.53. The smallest absolute Gasteiger partial charge is 0.224 e. The Balaban J connectivity index is 2.07. The molecule has 0 radical (unpaired) electrons. The number of amides is 1. The monoisotopic (exact) mass is 275 g/mol. The molecule has 1 aromatic rings. The van der Waals surface area contributed by atoms with Crippen LogP contribution in [0.25, 0.3) is 0 Å². The van der Waals surface area contributed by atoms with E-state index in [1.54, 1.807) is 0 Å². The van der Waals surface area contributed by atoms with Crippen LogP contribution in [-0.2, 0) is 11.2 Å². The number of nitrogen functional groups attached to an aromatic ring is 1. The number of carbonyl (C=O) groups is 1. The molecule has 20 heavy (non-hydrogen) atoms. The second kappa shape index (κ2) is 6.16. The molecule has 1 aliphatic rings. The third kappa shape index (κ3) is 3.65. The molecule has 0 spiro atoms. The molecule has 1 atom stereocenters. The van der Waals surface area contributed by atoms with Crippen molar-refractivity contribution in [1.29, 1.82) is 0 Å². The van der Waals surface area contributed by atoms with E-state index in [4.69, 9.17) is 5.73 Å². The third-order valence-electron chi connectivity index (χ3n) is 3.75. The number of carbonyl (C=O) groups excluding carboxylic acids is 1. The summed E-state index contributed by atoms with van der Waals surface area (Å²) in [7, 11) is 0. The molecule has 4 heteroatoms. The Labute approximate surface area is 121 Å².